The number of nitrogens with zero attached hydrogens (tertiary/aromatic N) is 1. The highest BCUT2D eigenvalue weighted by atomic mass is 79.9. The zero-order chi connectivity index (χ0) is 19.0. The Bertz CT molecular complexity index is 1120. The molecule has 4 amide bonds. The van der Waals surface area contributed by atoms with Crippen LogP contribution in [0.4, 0.5) is 10.5 Å². The minimum Gasteiger partial charge on any atom is -0.273 e. The van der Waals surface area contributed by atoms with Gasteiger partial charge < -0.3 is 0 Å². The van der Waals surface area contributed by atoms with Crippen molar-refractivity contribution in [3.8, 4) is 0 Å². The van der Waals surface area contributed by atoms with E-state index in [1.165, 1.54) is 6.08 Å². The number of anilines is 1. The molecular weight excluding hydrogens is 408 g/mol. The Labute approximate surface area is 163 Å². The number of fused-ring (bicyclic) bond motifs is 1. The van der Waals surface area contributed by atoms with E-state index in [2.05, 4.69) is 21.2 Å². The van der Waals surface area contributed by atoms with Crippen LogP contribution in [0.2, 0.25) is 0 Å². The number of halogens is 1. The van der Waals surface area contributed by atoms with Crippen LogP contribution >= 0.6 is 15.9 Å². The molecule has 1 fully saturated rings. The van der Waals surface area contributed by atoms with Crippen LogP contribution in [-0.2, 0) is 9.59 Å². The lowest BCUT2D eigenvalue weighted by molar-refractivity contribution is -0.122. The summed E-state index contributed by atoms with van der Waals surface area (Å²) in [4.78, 5) is 38.3. The van der Waals surface area contributed by atoms with E-state index in [0.29, 0.717) is 11.3 Å². The highest BCUT2D eigenvalue weighted by Crippen LogP contribution is 2.24. The molecule has 1 saturated heterocycles. The normalized spacial score (nSPS) is 16.1. The number of hydrogen-bond donors (Lipinski definition) is 1. The minimum absolute atomic E-state index is 0.0900. The standard InChI is InChI=1S/C21H13BrN2O3/c22-16-7-9-17(10-8-16)24-20(26)18(19(25)23-21(24)27)12-13-5-6-14-3-1-2-4-15(14)11-13/h1-12H,(H,23,25,27)/b18-12+. The van der Waals surface area contributed by atoms with Gasteiger partial charge in [-0.25, -0.2) is 9.69 Å². The number of urea groups is 1. The van der Waals surface area contributed by atoms with Gasteiger partial charge in [0.05, 0.1) is 5.69 Å². The van der Waals surface area contributed by atoms with Crippen LogP contribution in [0.25, 0.3) is 16.8 Å². The fraction of sp³-hybridized carbons (Fsp3) is 0. The summed E-state index contributed by atoms with van der Waals surface area (Å²) in [5.41, 5.74) is 1.00. The van der Waals surface area contributed by atoms with E-state index in [-0.39, 0.29) is 5.57 Å². The summed E-state index contributed by atoms with van der Waals surface area (Å²) in [6, 6.07) is 19.4. The third-order valence-electron chi connectivity index (χ3n) is 4.27. The molecule has 0 radical (unpaired) electrons. The second kappa shape index (κ2) is 6.81. The van der Waals surface area contributed by atoms with Gasteiger partial charge in [-0.3, -0.25) is 14.9 Å². The molecule has 1 heterocycles. The first-order valence-electron chi connectivity index (χ1n) is 8.19. The van der Waals surface area contributed by atoms with Gasteiger partial charge in [-0.15, -0.1) is 0 Å². The monoisotopic (exact) mass is 420 g/mol. The second-order valence-corrected chi connectivity index (χ2v) is 6.96. The number of carbonyl (C=O) groups is 3. The van der Waals surface area contributed by atoms with Gasteiger partial charge in [-0.05, 0) is 52.7 Å². The molecule has 6 heteroatoms. The number of benzene rings is 3. The van der Waals surface area contributed by atoms with E-state index in [9.17, 15) is 14.4 Å². The fourth-order valence-corrected chi connectivity index (χ4v) is 3.21. The zero-order valence-corrected chi connectivity index (χ0v) is 15.6. The van der Waals surface area contributed by atoms with Gasteiger partial charge in [0.2, 0.25) is 0 Å². The van der Waals surface area contributed by atoms with Crippen molar-refractivity contribution in [3.05, 3.63) is 82.3 Å². The number of imide groups is 2. The summed E-state index contributed by atoms with van der Waals surface area (Å²) in [6.07, 6.45) is 1.50. The highest BCUT2D eigenvalue weighted by molar-refractivity contribution is 9.10. The molecule has 0 spiro atoms. The Hall–Kier alpha value is -3.25. The molecule has 3 aromatic rings. The Morgan fingerprint density at radius 2 is 1.56 bits per heavy atom. The van der Waals surface area contributed by atoms with Crippen molar-refractivity contribution < 1.29 is 14.4 Å². The quantitative estimate of drug-likeness (QED) is 0.497. The lowest BCUT2D eigenvalue weighted by Crippen LogP contribution is -2.54. The lowest BCUT2D eigenvalue weighted by atomic mass is 10.0. The van der Waals surface area contributed by atoms with Crippen molar-refractivity contribution in [1.29, 1.82) is 0 Å². The van der Waals surface area contributed by atoms with E-state index in [1.807, 2.05) is 42.5 Å². The van der Waals surface area contributed by atoms with Crippen molar-refractivity contribution in [1.82, 2.24) is 5.32 Å². The topological polar surface area (TPSA) is 66.5 Å². The Morgan fingerprint density at radius 3 is 2.30 bits per heavy atom. The van der Waals surface area contributed by atoms with Crippen LogP contribution in [0.5, 0.6) is 0 Å². The summed E-state index contributed by atoms with van der Waals surface area (Å²) in [7, 11) is 0. The zero-order valence-electron chi connectivity index (χ0n) is 14.0. The number of amides is 4. The first-order valence-corrected chi connectivity index (χ1v) is 8.98. The Kier molecular flexibility index (Phi) is 4.33. The molecule has 0 unspecified atom stereocenters. The average molecular weight is 421 g/mol. The third-order valence-corrected chi connectivity index (χ3v) is 4.80. The molecule has 3 aromatic carbocycles. The van der Waals surface area contributed by atoms with Gasteiger partial charge in [-0.2, -0.15) is 0 Å². The van der Waals surface area contributed by atoms with Crippen molar-refractivity contribution in [2.45, 2.75) is 0 Å². The molecule has 4 rings (SSSR count). The van der Waals surface area contributed by atoms with Gasteiger partial charge in [0, 0.05) is 4.47 Å². The molecule has 5 nitrogen and oxygen atoms in total. The van der Waals surface area contributed by atoms with E-state index < -0.39 is 17.8 Å². The van der Waals surface area contributed by atoms with Crippen molar-refractivity contribution in [2.24, 2.45) is 0 Å². The number of carbonyl (C=O) groups excluding carboxylic acids is 3. The van der Waals surface area contributed by atoms with Gasteiger partial charge in [-0.1, -0.05) is 52.3 Å². The van der Waals surface area contributed by atoms with Crippen LogP contribution < -0.4 is 10.2 Å². The smallest absolute Gasteiger partial charge is 0.273 e. The second-order valence-electron chi connectivity index (χ2n) is 6.04. The molecular formula is C21H13BrN2O3. The maximum atomic E-state index is 12.9. The SMILES string of the molecule is O=C1NC(=O)N(c2ccc(Br)cc2)C(=O)/C1=C/c1ccc2ccccc2c1. The molecule has 0 atom stereocenters. The van der Waals surface area contributed by atoms with Crippen LogP contribution in [0.3, 0.4) is 0 Å². The maximum Gasteiger partial charge on any atom is 0.335 e. The molecule has 0 aromatic heterocycles. The van der Waals surface area contributed by atoms with Crippen molar-refractivity contribution >= 4 is 56.3 Å². The molecule has 0 bridgehead atoms. The van der Waals surface area contributed by atoms with E-state index in [0.717, 1.165) is 20.1 Å². The van der Waals surface area contributed by atoms with E-state index in [4.69, 9.17) is 0 Å². The first kappa shape index (κ1) is 17.2. The molecule has 1 aliphatic heterocycles. The van der Waals surface area contributed by atoms with Gasteiger partial charge >= 0.3 is 6.03 Å². The van der Waals surface area contributed by atoms with Gasteiger partial charge in [0.1, 0.15) is 5.57 Å². The molecule has 27 heavy (non-hydrogen) atoms. The van der Waals surface area contributed by atoms with E-state index >= 15 is 0 Å². The number of barbiturate groups is 1. The van der Waals surface area contributed by atoms with Crippen LogP contribution in [-0.4, -0.2) is 17.8 Å². The van der Waals surface area contributed by atoms with E-state index in [1.54, 1.807) is 24.3 Å². The fourth-order valence-electron chi connectivity index (χ4n) is 2.95. The first-order chi connectivity index (χ1) is 13.0. The molecule has 1 aliphatic rings. The third kappa shape index (κ3) is 3.27. The minimum atomic E-state index is -0.761. The van der Waals surface area contributed by atoms with Crippen molar-refractivity contribution in [3.63, 3.8) is 0 Å². The summed E-state index contributed by atoms with van der Waals surface area (Å²) in [6.45, 7) is 0. The van der Waals surface area contributed by atoms with Gasteiger partial charge in [0.15, 0.2) is 0 Å². The molecule has 132 valence electrons. The summed E-state index contributed by atoms with van der Waals surface area (Å²) >= 11 is 3.32. The van der Waals surface area contributed by atoms with Crippen LogP contribution in [0, 0.1) is 0 Å². The largest absolute Gasteiger partial charge is 0.335 e. The maximum absolute atomic E-state index is 12.9. The number of rotatable bonds is 2. The molecule has 1 N–H and O–H groups in total. The Balaban J connectivity index is 1.74. The van der Waals surface area contributed by atoms with Crippen molar-refractivity contribution in [2.75, 3.05) is 4.90 Å². The number of hydrogen-bond acceptors (Lipinski definition) is 3. The summed E-state index contributed by atoms with van der Waals surface area (Å²) in [5.74, 6) is -1.36. The molecule has 0 aliphatic carbocycles. The predicted molar refractivity (Wildman–Crippen MR) is 107 cm³/mol. The average Bonchev–Trinajstić information content (AvgIpc) is 2.66. The Morgan fingerprint density at radius 1 is 0.852 bits per heavy atom. The number of nitrogens with one attached hydrogen (secondary N) is 1. The predicted octanol–water partition coefficient (Wildman–Crippen LogP) is 4.27. The van der Waals surface area contributed by atoms with Gasteiger partial charge in [0.25, 0.3) is 11.8 Å². The summed E-state index contributed by atoms with van der Waals surface area (Å²) < 4.78 is 0.819. The summed E-state index contributed by atoms with van der Waals surface area (Å²) in [5, 5.41) is 4.29. The highest BCUT2D eigenvalue weighted by Gasteiger charge is 2.36. The van der Waals surface area contributed by atoms with Crippen LogP contribution in [0.1, 0.15) is 5.56 Å². The lowest BCUT2D eigenvalue weighted by Gasteiger charge is -2.26. The van der Waals surface area contributed by atoms with Crippen LogP contribution in [0.15, 0.2) is 76.8 Å². The molecule has 0 saturated carbocycles.